The Balaban J connectivity index is 1.88. The van der Waals surface area contributed by atoms with E-state index in [9.17, 15) is 5.26 Å². The highest BCUT2D eigenvalue weighted by atomic mass is 16.5. The molecule has 1 aromatic carbocycles. The summed E-state index contributed by atoms with van der Waals surface area (Å²) in [5.41, 5.74) is 0.766. The van der Waals surface area contributed by atoms with E-state index in [1.807, 2.05) is 38.4 Å². The number of nitrogens with zero attached hydrogens (tertiary/aromatic N) is 4. The van der Waals surface area contributed by atoms with Gasteiger partial charge in [-0.15, -0.1) is 0 Å². The number of aromatic nitrogens is 2. The molecule has 0 bridgehead atoms. The van der Waals surface area contributed by atoms with Gasteiger partial charge in [0, 0.05) is 18.0 Å². The highest BCUT2D eigenvalue weighted by molar-refractivity contribution is 5.90. The summed E-state index contributed by atoms with van der Waals surface area (Å²) in [5.74, 6) is 1.73. The van der Waals surface area contributed by atoms with Gasteiger partial charge in [0.25, 0.3) is 0 Å². The molecule has 1 aliphatic rings. The molecular weight excluding hydrogens is 302 g/mol. The molecule has 1 fully saturated rings. The third-order valence-corrected chi connectivity index (χ3v) is 4.27. The molecule has 1 saturated carbocycles. The van der Waals surface area contributed by atoms with Gasteiger partial charge in [0.05, 0.1) is 5.52 Å². The van der Waals surface area contributed by atoms with Crippen molar-refractivity contribution in [2.75, 3.05) is 32.6 Å². The first-order valence-electron chi connectivity index (χ1n) is 8.41. The van der Waals surface area contributed by atoms with Gasteiger partial charge in [-0.3, -0.25) is 0 Å². The van der Waals surface area contributed by atoms with Crippen LogP contribution in [-0.2, 0) is 0 Å². The predicted octanol–water partition coefficient (Wildman–Crippen LogP) is 2.80. The lowest BCUT2D eigenvalue weighted by Gasteiger charge is -2.16. The minimum atomic E-state index is 0.198. The topological polar surface area (TPSA) is 74.1 Å². The van der Waals surface area contributed by atoms with Gasteiger partial charge in [-0.2, -0.15) is 5.26 Å². The smallest absolute Gasteiger partial charge is 0.234 e. The monoisotopic (exact) mass is 325 g/mol. The van der Waals surface area contributed by atoms with Crippen molar-refractivity contribution < 1.29 is 4.74 Å². The Morgan fingerprint density at radius 3 is 2.79 bits per heavy atom. The lowest BCUT2D eigenvalue weighted by molar-refractivity contribution is 0.261. The van der Waals surface area contributed by atoms with Gasteiger partial charge < -0.3 is 15.0 Å². The first kappa shape index (κ1) is 16.5. The van der Waals surface area contributed by atoms with Gasteiger partial charge in [-0.05, 0) is 45.1 Å². The second-order valence-corrected chi connectivity index (χ2v) is 6.46. The number of nitrogens with one attached hydrogen (secondary N) is 1. The van der Waals surface area contributed by atoms with Crippen molar-refractivity contribution in [3.8, 4) is 11.8 Å². The molecule has 0 radical (unpaired) electrons. The van der Waals surface area contributed by atoms with E-state index in [1.54, 1.807) is 0 Å². The van der Waals surface area contributed by atoms with Crippen LogP contribution in [0.3, 0.4) is 0 Å². The molecular formula is C18H23N5O. The summed E-state index contributed by atoms with van der Waals surface area (Å²) >= 11 is 0. The number of nitriles is 1. The Labute approximate surface area is 142 Å². The fraction of sp³-hybridized carbons (Fsp3) is 0.500. The van der Waals surface area contributed by atoms with Crippen LogP contribution in [0.15, 0.2) is 18.2 Å². The SMILES string of the molecule is CN(C)CCOc1ccc2nc(C#N)nc(NC3CCCC3)c2c1. The normalized spacial score (nSPS) is 14.9. The second kappa shape index (κ2) is 7.45. The summed E-state index contributed by atoms with van der Waals surface area (Å²) in [7, 11) is 4.04. The maximum absolute atomic E-state index is 9.17. The van der Waals surface area contributed by atoms with Crippen molar-refractivity contribution in [2.24, 2.45) is 0 Å². The number of hydrogen-bond acceptors (Lipinski definition) is 6. The summed E-state index contributed by atoms with van der Waals surface area (Å²) in [6, 6.07) is 8.22. The third-order valence-electron chi connectivity index (χ3n) is 4.27. The van der Waals surface area contributed by atoms with E-state index >= 15 is 0 Å². The highest BCUT2D eigenvalue weighted by Gasteiger charge is 2.17. The zero-order valence-corrected chi connectivity index (χ0v) is 14.2. The molecule has 3 rings (SSSR count). The zero-order valence-electron chi connectivity index (χ0n) is 14.2. The van der Waals surface area contributed by atoms with Gasteiger partial charge in [0.2, 0.25) is 5.82 Å². The summed E-state index contributed by atoms with van der Waals surface area (Å²) in [6.07, 6.45) is 4.77. The summed E-state index contributed by atoms with van der Waals surface area (Å²) < 4.78 is 5.82. The summed E-state index contributed by atoms with van der Waals surface area (Å²) in [4.78, 5) is 10.8. The molecule has 0 unspecified atom stereocenters. The minimum absolute atomic E-state index is 0.198. The molecule has 0 saturated heterocycles. The number of hydrogen-bond donors (Lipinski definition) is 1. The number of fused-ring (bicyclic) bond motifs is 1. The quantitative estimate of drug-likeness (QED) is 0.880. The van der Waals surface area contributed by atoms with Crippen LogP contribution in [0.2, 0.25) is 0 Å². The number of anilines is 1. The van der Waals surface area contributed by atoms with Gasteiger partial charge in [0.1, 0.15) is 24.2 Å². The van der Waals surface area contributed by atoms with E-state index in [2.05, 4.69) is 20.2 Å². The van der Waals surface area contributed by atoms with Crippen LogP contribution >= 0.6 is 0 Å². The Hall–Kier alpha value is -2.39. The molecule has 0 spiro atoms. The van der Waals surface area contributed by atoms with Gasteiger partial charge >= 0.3 is 0 Å². The Morgan fingerprint density at radius 1 is 1.29 bits per heavy atom. The van der Waals surface area contributed by atoms with Crippen LogP contribution in [0.5, 0.6) is 5.75 Å². The summed E-state index contributed by atoms with van der Waals surface area (Å²) in [5, 5.41) is 13.6. The van der Waals surface area contributed by atoms with Crippen LogP contribution in [0.4, 0.5) is 5.82 Å². The highest BCUT2D eigenvalue weighted by Crippen LogP contribution is 2.28. The van der Waals surface area contributed by atoms with Crippen LogP contribution in [-0.4, -0.2) is 48.2 Å². The van der Waals surface area contributed by atoms with Crippen molar-refractivity contribution in [1.82, 2.24) is 14.9 Å². The van der Waals surface area contributed by atoms with E-state index in [4.69, 9.17) is 4.74 Å². The Bertz CT molecular complexity index is 747. The molecule has 0 aliphatic heterocycles. The summed E-state index contributed by atoms with van der Waals surface area (Å²) in [6.45, 7) is 1.48. The lowest BCUT2D eigenvalue weighted by Crippen LogP contribution is -2.19. The molecule has 1 N–H and O–H groups in total. The fourth-order valence-corrected chi connectivity index (χ4v) is 2.97. The molecule has 1 aliphatic carbocycles. The predicted molar refractivity (Wildman–Crippen MR) is 94.2 cm³/mol. The van der Waals surface area contributed by atoms with Crippen molar-refractivity contribution in [3.05, 3.63) is 24.0 Å². The average molecular weight is 325 g/mol. The Morgan fingerprint density at radius 2 is 2.08 bits per heavy atom. The molecule has 1 heterocycles. The number of benzene rings is 1. The lowest BCUT2D eigenvalue weighted by atomic mass is 10.2. The number of ether oxygens (including phenoxy) is 1. The van der Waals surface area contributed by atoms with Crippen molar-refractivity contribution in [1.29, 1.82) is 5.26 Å². The average Bonchev–Trinajstić information content (AvgIpc) is 3.07. The van der Waals surface area contributed by atoms with Crippen LogP contribution in [0.25, 0.3) is 10.9 Å². The Kier molecular flexibility index (Phi) is 5.11. The largest absolute Gasteiger partial charge is 0.492 e. The molecule has 126 valence electrons. The maximum Gasteiger partial charge on any atom is 0.234 e. The number of rotatable bonds is 6. The van der Waals surface area contributed by atoms with E-state index in [-0.39, 0.29) is 5.82 Å². The molecule has 6 heteroatoms. The van der Waals surface area contributed by atoms with Gasteiger partial charge in [-0.25, -0.2) is 9.97 Å². The molecule has 0 atom stereocenters. The van der Waals surface area contributed by atoms with Crippen LogP contribution in [0.1, 0.15) is 31.5 Å². The van der Waals surface area contributed by atoms with Gasteiger partial charge in [-0.1, -0.05) is 12.8 Å². The van der Waals surface area contributed by atoms with E-state index in [0.717, 1.165) is 41.9 Å². The fourth-order valence-electron chi connectivity index (χ4n) is 2.97. The second-order valence-electron chi connectivity index (χ2n) is 6.46. The third kappa shape index (κ3) is 3.92. The van der Waals surface area contributed by atoms with Crippen molar-refractivity contribution in [3.63, 3.8) is 0 Å². The van der Waals surface area contributed by atoms with E-state index < -0.39 is 0 Å². The maximum atomic E-state index is 9.17. The van der Waals surface area contributed by atoms with Crippen LogP contribution in [0, 0.1) is 11.3 Å². The van der Waals surface area contributed by atoms with E-state index in [1.165, 1.54) is 12.8 Å². The van der Waals surface area contributed by atoms with E-state index in [0.29, 0.717) is 12.6 Å². The standard InChI is InChI=1S/C18H23N5O/c1-23(2)9-10-24-14-7-8-16-15(11-14)18(22-17(12-19)21-16)20-13-5-3-4-6-13/h7-8,11,13H,3-6,9-10H2,1-2H3,(H,20,21,22). The molecule has 24 heavy (non-hydrogen) atoms. The van der Waals surface area contributed by atoms with Crippen molar-refractivity contribution in [2.45, 2.75) is 31.7 Å². The van der Waals surface area contributed by atoms with Gasteiger partial charge in [0.15, 0.2) is 0 Å². The molecule has 6 nitrogen and oxygen atoms in total. The van der Waals surface area contributed by atoms with Crippen LogP contribution < -0.4 is 10.1 Å². The first-order chi connectivity index (χ1) is 11.7. The molecule has 2 aromatic rings. The first-order valence-corrected chi connectivity index (χ1v) is 8.41. The minimum Gasteiger partial charge on any atom is -0.492 e. The zero-order chi connectivity index (χ0) is 16.9. The number of likely N-dealkylation sites (N-methyl/N-ethyl adjacent to an activating group) is 1. The molecule has 1 aromatic heterocycles. The van der Waals surface area contributed by atoms with Crippen molar-refractivity contribution >= 4 is 16.7 Å². The molecule has 0 amide bonds.